The highest BCUT2D eigenvalue weighted by Crippen LogP contribution is 2.25. The number of hydrogen-bond donors (Lipinski definition) is 0. The maximum atomic E-state index is 14.3. The predicted molar refractivity (Wildman–Crippen MR) is 129 cm³/mol. The summed E-state index contributed by atoms with van der Waals surface area (Å²) in [4.78, 5) is 1.66. The summed E-state index contributed by atoms with van der Waals surface area (Å²) >= 11 is 1.42. The lowest BCUT2D eigenvalue weighted by Crippen LogP contribution is -1.94. The van der Waals surface area contributed by atoms with Crippen molar-refractivity contribution >= 4 is 23.5 Å². The number of rotatable bonds is 5. The van der Waals surface area contributed by atoms with Crippen molar-refractivity contribution in [3.05, 3.63) is 103 Å². The molecule has 3 rings (SSSR count). The van der Waals surface area contributed by atoms with Crippen molar-refractivity contribution in [3.8, 4) is 11.8 Å². The fraction of sp³-hybridized carbons (Fsp3) is 0.214. The van der Waals surface area contributed by atoms with Crippen molar-refractivity contribution in [1.29, 1.82) is 0 Å². The SMILES string of the molecule is CCCc1cc(F)c(C#Cc2cc(C)c(/C=C(C)/C=C/c3cc(C)c(F)c(F)c3)s2)c(F)c1. The number of allylic oxidation sites excluding steroid dienone is 2. The minimum atomic E-state index is -0.874. The molecule has 1 heterocycles. The van der Waals surface area contributed by atoms with Crippen LogP contribution in [0.4, 0.5) is 17.6 Å². The van der Waals surface area contributed by atoms with Gasteiger partial charge in [-0.1, -0.05) is 37.3 Å². The average molecular weight is 469 g/mol. The molecule has 0 saturated heterocycles. The van der Waals surface area contributed by atoms with Crippen LogP contribution in [0.15, 0.2) is 42.0 Å². The minimum Gasteiger partial charge on any atom is -0.206 e. The number of hydrogen-bond acceptors (Lipinski definition) is 1. The van der Waals surface area contributed by atoms with E-state index in [1.54, 1.807) is 12.1 Å². The molecule has 0 atom stereocenters. The third-order valence-electron chi connectivity index (χ3n) is 5.04. The predicted octanol–water partition coefficient (Wildman–Crippen LogP) is 8.39. The molecule has 0 radical (unpaired) electrons. The second-order valence-corrected chi connectivity index (χ2v) is 9.03. The fourth-order valence-corrected chi connectivity index (χ4v) is 4.37. The van der Waals surface area contributed by atoms with E-state index in [0.29, 0.717) is 22.4 Å². The number of benzene rings is 2. The average Bonchev–Trinajstić information content (AvgIpc) is 3.09. The van der Waals surface area contributed by atoms with E-state index in [9.17, 15) is 17.6 Å². The molecular formula is C28H24F4S. The second-order valence-electron chi connectivity index (χ2n) is 7.95. The molecule has 3 aromatic rings. The van der Waals surface area contributed by atoms with E-state index >= 15 is 0 Å². The van der Waals surface area contributed by atoms with Crippen molar-refractivity contribution in [2.75, 3.05) is 0 Å². The van der Waals surface area contributed by atoms with Crippen molar-refractivity contribution in [1.82, 2.24) is 0 Å². The molecule has 33 heavy (non-hydrogen) atoms. The van der Waals surface area contributed by atoms with Crippen molar-refractivity contribution in [2.45, 2.75) is 40.5 Å². The first-order valence-electron chi connectivity index (χ1n) is 10.6. The largest absolute Gasteiger partial charge is 0.206 e. The molecule has 0 aliphatic rings. The van der Waals surface area contributed by atoms with Crippen molar-refractivity contribution in [2.24, 2.45) is 0 Å². The Labute approximate surface area is 196 Å². The molecule has 0 spiro atoms. The molecule has 0 bridgehead atoms. The summed E-state index contributed by atoms with van der Waals surface area (Å²) in [6.45, 7) is 7.31. The quantitative estimate of drug-likeness (QED) is 0.200. The van der Waals surface area contributed by atoms with Gasteiger partial charge in [0.25, 0.3) is 0 Å². The van der Waals surface area contributed by atoms with Gasteiger partial charge in [0.05, 0.1) is 10.4 Å². The molecule has 0 aliphatic carbocycles. The third kappa shape index (κ3) is 6.24. The maximum Gasteiger partial charge on any atom is 0.161 e. The molecular weight excluding hydrogens is 444 g/mol. The van der Waals surface area contributed by atoms with Gasteiger partial charge >= 0.3 is 0 Å². The number of aryl methyl sites for hydroxylation is 3. The number of thiophene rings is 1. The molecule has 0 amide bonds. The Morgan fingerprint density at radius 3 is 2.24 bits per heavy atom. The molecule has 1 aromatic heterocycles. The van der Waals surface area contributed by atoms with Gasteiger partial charge < -0.3 is 0 Å². The van der Waals surface area contributed by atoms with Crippen LogP contribution in [0.1, 0.15) is 57.8 Å². The Hall–Kier alpha value is -3.10. The lowest BCUT2D eigenvalue weighted by molar-refractivity contribution is 0.503. The lowest BCUT2D eigenvalue weighted by atomic mass is 10.1. The highest BCUT2D eigenvalue weighted by atomic mass is 32.1. The van der Waals surface area contributed by atoms with Crippen LogP contribution in [0, 0.1) is 49.0 Å². The first-order chi connectivity index (χ1) is 15.7. The molecule has 2 aromatic carbocycles. The maximum absolute atomic E-state index is 14.3. The van der Waals surface area contributed by atoms with Gasteiger partial charge in [0, 0.05) is 4.88 Å². The Balaban J connectivity index is 1.81. The van der Waals surface area contributed by atoms with Crippen molar-refractivity contribution in [3.63, 3.8) is 0 Å². The van der Waals surface area contributed by atoms with E-state index in [2.05, 4.69) is 11.8 Å². The Kier molecular flexibility index (Phi) is 7.94. The highest BCUT2D eigenvalue weighted by Gasteiger charge is 2.10. The molecule has 0 fully saturated rings. The summed E-state index contributed by atoms with van der Waals surface area (Å²) in [7, 11) is 0. The lowest BCUT2D eigenvalue weighted by Gasteiger charge is -2.02. The topological polar surface area (TPSA) is 0 Å². The van der Waals surface area contributed by atoms with Crippen LogP contribution in [0.25, 0.3) is 12.2 Å². The summed E-state index contributed by atoms with van der Waals surface area (Å²) in [5, 5.41) is 0. The zero-order valence-corrected chi connectivity index (χ0v) is 19.8. The van der Waals surface area contributed by atoms with Crippen LogP contribution in [-0.4, -0.2) is 0 Å². The molecule has 170 valence electrons. The minimum absolute atomic E-state index is 0.223. The zero-order valence-electron chi connectivity index (χ0n) is 19.0. The van der Waals surface area contributed by atoms with E-state index in [0.717, 1.165) is 28.5 Å². The first kappa shape index (κ1) is 24.5. The van der Waals surface area contributed by atoms with Gasteiger partial charge in [0.1, 0.15) is 11.6 Å². The zero-order chi connectivity index (χ0) is 24.1. The fourth-order valence-electron chi connectivity index (χ4n) is 3.34. The van der Waals surface area contributed by atoms with Gasteiger partial charge in [0.2, 0.25) is 0 Å². The number of halogens is 4. The van der Waals surface area contributed by atoms with Crippen LogP contribution in [0.5, 0.6) is 0 Å². The Morgan fingerprint density at radius 2 is 1.61 bits per heavy atom. The summed E-state index contributed by atoms with van der Waals surface area (Å²) < 4.78 is 55.6. The van der Waals surface area contributed by atoms with E-state index in [-0.39, 0.29) is 11.1 Å². The molecule has 0 saturated carbocycles. The third-order valence-corrected chi connectivity index (χ3v) is 6.14. The van der Waals surface area contributed by atoms with Gasteiger partial charge in [-0.25, -0.2) is 17.6 Å². The van der Waals surface area contributed by atoms with E-state index in [1.807, 2.05) is 39.0 Å². The standard InChI is InChI=1S/C28H24F4S/c1-5-6-20-14-24(29)23(25(30)15-20)10-9-22-13-18(3)27(33-22)11-17(2)7-8-21-12-19(4)28(32)26(31)16-21/h7-8,11-16H,5-6H2,1-4H3/b8-7+,17-11+. The molecule has 5 heteroatoms. The van der Waals surface area contributed by atoms with Gasteiger partial charge in [-0.2, -0.15) is 0 Å². The van der Waals surface area contributed by atoms with E-state index < -0.39 is 23.3 Å². The van der Waals surface area contributed by atoms with Crippen LogP contribution in [0.3, 0.4) is 0 Å². The highest BCUT2D eigenvalue weighted by molar-refractivity contribution is 7.13. The van der Waals surface area contributed by atoms with Crippen molar-refractivity contribution < 1.29 is 17.6 Å². The van der Waals surface area contributed by atoms with Gasteiger partial charge in [0.15, 0.2) is 11.6 Å². The van der Waals surface area contributed by atoms with Crippen LogP contribution >= 0.6 is 11.3 Å². The van der Waals surface area contributed by atoms with Crippen LogP contribution in [0.2, 0.25) is 0 Å². The Bertz CT molecular complexity index is 1250. The molecule has 0 N–H and O–H groups in total. The van der Waals surface area contributed by atoms with Gasteiger partial charge in [-0.05, 0) is 91.4 Å². The van der Waals surface area contributed by atoms with Gasteiger partial charge in [-0.3, -0.25) is 0 Å². The Morgan fingerprint density at radius 1 is 0.909 bits per heavy atom. The molecule has 0 aliphatic heterocycles. The summed E-state index contributed by atoms with van der Waals surface area (Å²) in [6.07, 6.45) is 6.92. The van der Waals surface area contributed by atoms with Crippen LogP contribution < -0.4 is 0 Å². The summed E-state index contributed by atoms with van der Waals surface area (Å²) in [5.74, 6) is 2.50. The second kappa shape index (κ2) is 10.7. The van der Waals surface area contributed by atoms with Crippen LogP contribution in [-0.2, 0) is 6.42 Å². The van der Waals surface area contributed by atoms with E-state index in [4.69, 9.17) is 0 Å². The normalized spacial score (nSPS) is 11.7. The molecule has 0 unspecified atom stereocenters. The smallest absolute Gasteiger partial charge is 0.161 e. The summed E-state index contributed by atoms with van der Waals surface area (Å²) in [6, 6.07) is 7.30. The summed E-state index contributed by atoms with van der Waals surface area (Å²) in [5.41, 5.74) is 3.12. The van der Waals surface area contributed by atoms with Gasteiger partial charge in [-0.15, -0.1) is 11.3 Å². The monoisotopic (exact) mass is 468 g/mol. The first-order valence-corrected chi connectivity index (χ1v) is 11.4. The van der Waals surface area contributed by atoms with E-state index in [1.165, 1.54) is 30.4 Å². The molecule has 0 nitrogen and oxygen atoms in total.